The third-order valence-electron chi connectivity index (χ3n) is 3.87. The van der Waals surface area contributed by atoms with Gasteiger partial charge in [0.05, 0.1) is 34.2 Å². The first kappa shape index (κ1) is 21.6. The number of nitrogens with zero attached hydrogens (tertiary/aromatic N) is 4. The van der Waals surface area contributed by atoms with Gasteiger partial charge < -0.3 is 5.32 Å². The molecule has 0 atom stereocenters. The molecule has 0 spiro atoms. The summed E-state index contributed by atoms with van der Waals surface area (Å²) in [5.41, 5.74) is 0.212. The standard InChI is InChI=1S/C17H18ClN5O4S/c1-11-4-5-12(8-15(11)28(26,27)22(2)3)21-16(24)10-23-17(25)13(6-7-19)14(18)9-20-23/h4-5,8-9H,6,10H2,1-3H3,(H,21,24). The molecule has 9 nitrogen and oxygen atoms in total. The summed E-state index contributed by atoms with van der Waals surface area (Å²) >= 11 is 5.86. The van der Waals surface area contributed by atoms with Crippen LogP contribution in [0.15, 0.2) is 34.1 Å². The van der Waals surface area contributed by atoms with E-state index >= 15 is 0 Å². The highest BCUT2D eigenvalue weighted by Gasteiger charge is 2.20. The highest BCUT2D eigenvalue weighted by atomic mass is 35.5. The number of nitrogens with one attached hydrogen (secondary N) is 1. The molecule has 0 aliphatic heterocycles. The van der Waals surface area contributed by atoms with Gasteiger partial charge in [0.15, 0.2) is 0 Å². The fourth-order valence-electron chi connectivity index (χ4n) is 2.35. The molecule has 1 N–H and O–H groups in total. The number of benzene rings is 1. The lowest BCUT2D eigenvalue weighted by atomic mass is 10.2. The van der Waals surface area contributed by atoms with Crippen LogP contribution in [0.5, 0.6) is 0 Å². The van der Waals surface area contributed by atoms with E-state index in [-0.39, 0.29) is 27.6 Å². The zero-order valence-electron chi connectivity index (χ0n) is 15.4. The zero-order valence-corrected chi connectivity index (χ0v) is 17.0. The number of rotatable bonds is 6. The molecule has 11 heteroatoms. The molecule has 28 heavy (non-hydrogen) atoms. The van der Waals surface area contributed by atoms with Crippen LogP contribution in [0.2, 0.25) is 5.02 Å². The van der Waals surface area contributed by atoms with Gasteiger partial charge in [-0.05, 0) is 24.6 Å². The van der Waals surface area contributed by atoms with E-state index in [1.54, 1.807) is 19.1 Å². The predicted octanol–water partition coefficient (Wildman–Crippen LogP) is 1.16. The molecule has 1 heterocycles. The van der Waals surface area contributed by atoms with Gasteiger partial charge in [0, 0.05) is 19.8 Å². The topological polar surface area (TPSA) is 125 Å². The number of hydrogen-bond acceptors (Lipinski definition) is 6. The largest absolute Gasteiger partial charge is 0.324 e. The molecule has 0 saturated carbocycles. The van der Waals surface area contributed by atoms with Crippen molar-refractivity contribution in [1.29, 1.82) is 5.26 Å². The second-order valence-electron chi connectivity index (χ2n) is 6.08. The highest BCUT2D eigenvalue weighted by molar-refractivity contribution is 7.89. The summed E-state index contributed by atoms with van der Waals surface area (Å²) in [7, 11) is -0.851. The van der Waals surface area contributed by atoms with Crippen molar-refractivity contribution in [3.63, 3.8) is 0 Å². The van der Waals surface area contributed by atoms with Crippen molar-refractivity contribution in [1.82, 2.24) is 14.1 Å². The Hall–Kier alpha value is -2.74. The van der Waals surface area contributed by atoms with E-state index in [0.717, 1.165) is 8.99 Å². The van der Waals surface area contributed by atoms with Crippen molar-refractivity contribution < 1.29 is 13.2 Å². The monoisotopic (exact) mass is 423 g/mol. The molecule has 0 saturated heterocycles. The van der Waals surface area contributed by atoms with Crippen LogP contribution in [0.3, 0.4) is 0 Å². The zero-order chi connectivity index (χ0) is 21.1. The Morgan fingerprint density at radius 2 is 2.07 bits per heavy atom. The molecule has 2 rings (SSSR count). The van der Waals surface area contributed by atoms with E-state index in [4.69, 9.17) is 16.9 Å². The first-order valence-corrected chi connectivity index (χ1v) is 9.84. The number of aryl methyl sites for hydroxylation is 1. The third-order valence-corrected chi connectivity index (χ3v) is 6.15. The first-order valence-electron chi connectivity index (χ1n) is 8.02. The smallest absolute Gasteiger partial charge is 0.272 e. The highest BCUT2D eigenvalue weighted by Crippen LogP contribution is 2.22. The minimum atomic E-state index is -3.68. The predicted molar refractivity (Wildman–Crippen MR) is 104 cm³/mol. The van der Waals surface area contributed by atoms with E-state index in [9.17, 15) is 18.0 Å². The van der Waals surface area contributed by atoms with Crippen molar-refractivity contribution in [2.24, 2.45) is 0 Å². The summed E-state index contributed by atoms with van der Waals surface area (Å²) in [6, 6.07) is 6.31. The maximum atomic E-state index is 12.4. The van der Waals surface area contributed by atoms with E-state index in [2.05, 4.69) is 10.4 Å². The van der Waals surface area contributed by atoms with Crippen LogP contribution in [0.1, 0.15) is 11.1 Å². The molecule has 2 aromatic rings. The van der Waals surface area contributed by atoms with Crippen LogP contribution in [0.4, 0.5) is 5.69 Å². The van der Waals surface area contributed by atoms with E-state index in [0.29, 0.717) is 5.56 Å². The van der Waals surface area contributed by atoms with Gasteiger partial charge in [-0.15, -0.1) is 0 Å². The first-order chi connectivity index (χ1) is 13.1. The number of amides is 1. The van der Waals surface area contributed by atoms with Crippen molar-refractivity contribution in [3.8, 4) is 6.07 Å². The van der Waals surface area contributed by atoms with Crippen LogP contribution in [0, 0.1) is 18.3 Å². The number of nitriles is 1. The van der Waals surface area contributed by atoms with Gasteiger partial charge in [0.1, 0.15) is 6.54 Å². The summed E-state index contributed by atoms with van der Waals surface area (Å²) in [6.07, 6.45) is 0.988. The number of anilines is 1. The Labute approximate surface area is 167 Å². The average molecular weight is 424 g/mol. The van der Waals surface area contributed by atoms with Crippen molar-refractivity contribution in [3.05, 3.63) is 50.9 Å². The SMILES string of the molecule is Cc1ccc(NC(=O)Cn2ncc(Cl)c(CC#N)c2=O)cc1S(=O)(=O)N(C)C. The van der Waals surface area contributed by atoms with Gasteiger partial charge in [0.25, 0.3) is 5.56 Å². The van der Waals surface area contributed by atoms with E-state index < -0.39 is 28.0 Å². The van der Waals surface area contributed by atoms with Gasteiger partial charge in [-0.3, -0.25) is 9.59 Å². The quantitative estimate of drug-likeness (QED) is 0.743. The molecule has 0 unspecified atom stereocenters. The summed E-state index contributed by atoms with van der Waals surface area (Å²) in [5, 5.41) is 15.2. The third kappa shape index (κ3) is 4.56. The summed E-state index contributed by atoms with van der Waals surface area (Å²) in [6.45, 7) is 1.23. The van der Waals surface area contributed by atoms with Crippen LogP contribution in [-0.4, -0.2) is 42.5 Å². The molecule has 0 aliphatic rings. The van der Waals surface area contributed by atoms with Crippen molar-refractivity contribution in [2.75, 3.05) is 19.4 Å². The van der Waals surface area contributed by atoms with Crippen molar-refractivity contribution in [2.45, 2.75) is 24.8 Å². The molecule has 1 aromatic heterocycles. The minimum Gasteiger partial charge on any atom is -0.324 e. The van der Waals surface area contributed by atoms with Crippen molar-refractivity contribution >= 4 is 33.2 Å². The second-order valence-corrected chi connectivity index (χ2v) is 8.61. The van der Waals surface area contributed by atoms with E-state index in [1.807, 2.05) is 6.07 Å². The normalized spacial score (nSPS) is 11.3. The number of sulfonamides is 1. The van der Waals surface area contributed by atoms with Gasteiger partial charge in [0.2, 0.25) is 15.9 Å². The maximum Gasteiger partial charge on any atom is 0.272 e. The lowest BCUT2D eigenvalue weighted by molar-refractivity contribution is -0.117. The molecule has 148 valence electrons. The number of halogens is 1. The molecular weight excluding hydrogens is 406 g/mol. The molecule has 1 aromatic carbocycles. The lowest BCUT2D eigenvalue weighted by Crippen LogP contribution is -2.31. The number of hydrogen-bond donors (Lipinski definition) is 1. The summed E-state index contributed by atoms with van der Waals surface area (Å²) < 4.78 is 26.7. The van der Waals surface area contributed by atoms with Crippen LogP contribution in [0.25, 0.3) is 0 Å². The maximum absolute atomic E-state index is 12.4. The molecule has 0 bridgehead atoms. The average Bonchev–Trinajstić information content (AvgIpc) is 2.62. The molecule has 0 radical (unpaired) electrons. The van der Waals surface area contributed by atoms with Gasteiger partial charge >= 0.3 is 0 Å². The molecule has 1 amide bonds. The van der Waals surface area contributed by atoms with Gasteiger partial charge in [-0.1, -0.05) is 17.7 Å². The Morgan fingerprint density at radius 1 is 1.39 bits per heavy atom. The fraction of sp³-hybridized carbons (Fsp3) is 0.294. The fourth-order valence-corrected chi connectivity index (χ4v) is 3.68. The van der Waals surface area contributed by atoms with Gasteiger partial charge in [-0.25, -0.2) is 17.4 Å². The second kappa shape index (κ2) is 8.52. The summed E-state index contributed by atoms with van der Waals surface area (Å²) in [5.74, 6) is -0.586. The van der Waals surface area contributed by atoms with Gasteiger partial charge in [-0.2, -0.15) is 10.4 Å². The number of aromatic nitrogens is 2. The Morgan fingerprint density at radius 3 is 2.68 bits per heavy atom. The lowest BCUT2D eigenvalue weighted by Gasteiger charge is -2.15. The number of carbonyl (C=O) groups is 1. The Kier molecular flexibility index (Phi) is 6.56. The van der Waals surface area contributed by atoms with E-state index in [1.165, 1.54) is 26.4 Å². The summed E-state index contributed by atoms with van der Waals surface area (Å²) in [4.78, 5) is 24.6. The molecule has 0 fully saturated rings. The van der Waals surface area contributed by atoms with Crippen LogP contribution >= 0.6 is 11.6 Å². The Balaban J connectivity index is 2.27. The van der Waals surface area contributed by atoms with Crippen LogP contribution in [-0.2, 0) is 27.8 Å². The molecular formula is C17H18ClN5O4S. The molecule has 0 aliphatic carbocycles. The Bertz CT molecular complexity index is 1120. The van der Waals surface area contributed by atoms with Crippen LogP contribution < -0.4 is 10.9 Å². The number of carbonyl (C=O) groups excluding carboxylic acids is 1. The minimum absolute atomic E-state index is 0.0558.